The molecule has 2 aliphatic rings. The van der Waals surface area contributed by atoms with Crippen molar-refractivity contribution in [1.82, 2.24) is 5.32 Å². The Balaban J connectivity index is 1.74. The smallest absolute Gasteiger partial charge is 0.240 e. The van der Waals surface area contributed by atoms with Gasteiger partial charge in [-0.25, -0.2) is 0 Å². The highest BCUT2D eigenvalue weighted by Crippen LogP contribution is 2.36. The van der Waals surface area contributed by atoms with Crippen LogP contribution in [0.2, 0.25) is 0 Å². The molecule has 4 nitrogen and oxygen atoms in total. The molecule has 0 unspecified atom stereocenters. The van der Waals surface area contributed by atoms with Crippen LogP contribution in [0.3, 0.4) is 0 Å². The number of hydrogen-bond acceptors (Lipinski definition) is 3. The molecule has 1 aliphatic heterocycles. The van der Waals surface area contributed by atoms with Gasteiger partial charge >= 0.3 is 0 Å². The fourth-order valence-corrected chi connectivity index (χ4v) is 4.38. The SMILES string of the molecule is NC1(C(=O)NCC2(c3cccc(Br)c3)CCOCC2)CCCCC1. The molecule has 0 bridgehead atoms. The quantitative estimate of drug-likeness (QED) is 0.823. The third kappa shape index (κ3) is 3.84. The highest BCUT2D eigenvalue weighted by Gasteiger charge is 2.39. The Hall–Kier alpha value is -0.910. The first-order valence-electron chi connectivity index (χ1n) is 8.95. The minimum atomic E-state index is -0.679. The predicted octanol–water partition coefficient (Wildman–Crippen LogP) is 3.28. The van der Waals surface area contributed by atoms with E-state index in [0.717, 1.165) is 56.2 Å². The van der Waals surface area contributed by atoms with Crippen LogP contribution in [0.25, 0.3) is 0 Å². The largest absolute Gasteiger partial charge is 0.381 e. The minimum absolute atomic E-state index is 0.0167. The van der Waals surface area contributed by atoms with Crippen molar-refractivity contribution in [3.63, 3.8) is 0 Å². The summed E-state index contributed by atoms with van der Waals surface area (Å²) in [4.78, 5) is 12.7. The molecule has 1 aromatic carbocycles. The maximum atomic E-state index is 12.7. The van der Waals surface area contributed by atoms with E-state index in [4.69, 9.17) is 10.5 Å². The number of carbonyl (C=O) groups excluding carboxylic acids is 1. The molecule has 1 amide bonds. The second-order valence-corrected chi connectivity index (χ2v) is 8.22. The topological polar surface area (TPSA) is 64.4 Å². The van der Waals surface area contributed by atoms with Crippen molar-refractivity contribution in [2.45, 2.75) is 55.9 Å². The van der Waals surface area contributed by atoms with Crippen LogP contribution in [0, 0.1) is 0 Å². The van der Waals surface area contributed by atoms with Gasteiger partial charge in [-0.05, 0) is 43.4 Å². The van der Waals surface area contributed by atoms with Gasteiger partial charge in [-0.15, -0.1) is 0 Å². The molecule has 3 N–H and O–H groups in total. The molecule has 0 atom stereocenters. The van der Waals surface area contributed by atoms with Crippen LogP contribution in [-0.4, -0.2) is 31.2 Å². The summed E-state index contributed by atoms with van der Waals surface area (Å²) in [6.45, 7) is 2.09. The molecule has 5 heteroatoms. The first-order valence-corrected chi connectivity index (χ1v) is 9.74. The minimum Gasteiger partial charge on any atom is -0.381 e. The molecule has 132 valence electrons. The number of carbonyl (C=O) groups is 1. The summed E-state index contributed by atoms with van der Waals surface area (Å²) in [5.74, 6) is 0.0167. The van der Waals surface area contributed by atoms with Crippen molar-refractivity contribution in [3.8, 4) is 0 Å². The van der Waals surface area contributed by atoms with Crippen LogP contribution in [0.1, 0.15) is 50.5 Å². The maximum Gasteiger partial charge on any atom is 0.240 e. The maximum absolute atomic E-state index is 12.7. The van der Waals surface area contributed by atoms with Gasteiger partial charge in [0, 0.05) is 29.6 Å². The lowest BCUT2D eigenvalue weighted by atomic mass is 9.73. The van der Waals surface area contributed by atoms with E-state index < -0.39 is 5.54 Å². The van der Waals surface area contributed by atoms with E-state index in [1.54, 1.807) is 0 Å². The van der Waals surface area contributed by atoms with Crippen LogP contribution in [0.5, 0.6) is 0 Å². The lowest BCUT2D eigenvalue weighted by Crippen LogP contribution is -2.57. The van der Waals surface area contributed by atoms with Crippen molar-refractivity contribution < 1.29 is 9.53 Å². The monoisotopic (exact) mass is 394 g/mol. The van der Waals surface area contributed by atoms with Gasteiger partial charge in [0.1, 0.15) is 0 Å². The van der Waals surface area contributed by atoms with E-state index in [1.807, 2.05) is 6.07 Å². The molecule has 1 saturated heterocycles. The van der Waals surface area contributed by atoms with Crippen molar-refractivity contribution in [2.24, 2.45) is 5.73 Å². The molecular weight excluding hydrogens is 368 g/mol. The molecule has 0 spiro atoms. The highest BCUT2D eigenvalue weighted by molar-refractivity contribution is 9.10. The summed E-state index contributed by atoms with van der Waals surface area (Å²) in [7, 11) is 0. The number of halogens is 1. The van der Waals surface area contributed by atoms with Gasteiger partial charge in [0.15, 0.2) is 0 Å². The van der Waals surface area contributed by atoms with E-state index in [0.29, 0.717) is 6.54 Å². The zero-order valence-electron chi connectivity index (χ0n) is 14.2. The molecule has 1 aliphatic carbocycles. The second-order valence-electron chi connectivity index (χ2n) is 7.30. The van der Waals surface area contributed by atoms with Crippen molar-refractivity contribution in [3.05, 3.63) is 34.3 Å². The second kappa shape index (κ2) is 7.54. The number of nitrogens with one attached hydrogen (secondary N) is 1. The number of amides is 1. The number of nitrogens with two attached hydrogens (primary N) is 1. The molecule has 3 rings (SSSR count). The number of benzene rings is 1. The summed E-state index contributed by atoms with van der Waals surface area (Å²) >= 11 is 3.57. The van der Waals surface area contributed by atoms with Crippen LogP contribution in [0.4, 0.5) is 0 Å². The summed E-state index contributed by atoms with van der Waals surface area (Å²) < 4.78 is 6.64. The lowest BCUT2D eigenvalue weighted by Gasteiger charge is -2.39. The van der Waals surface area contributed by atoms with Crippen molar-refractivity contribution >= 4 is 21.8 Å². The van der Waals surface area contributed by atoms with E-state index in [9.17, 15) is 4.79 Å². The predicted molar refractivity (Wildman–Crippen MR) is 98.9 cm³/mol. The molecule has 0 aromatic heterocycles. The summed E-state index contributed by atoms with van der Waals surface area (Å²) in [5, 5.41) is 3.19. The fourth-order valence-electron chi connectivity index (χ4n) is 3.98. The first-order chi connectivity index (χ1) is 11.5. The summed E-state index contributed by atoms with van der Waals surface area (Å²) in [5.41, 5.74) is 6.89. The Morgan fingerprint density at radius 1 is 1.17 bits per heavy atom. The van der Waals surface area contributed by atoms with Gasteiger partial charge in [0.25, 0.3) is 0 Å². The molecule has 0 radical (unpaired) electrons. The highest BCUT2D eigenvalue weighted by atomic mass is 79.9. The Morgan fingerprint density at radius 3 is 2.54 bits per heavy atom. The van der Waals surface area contributed by atoms with E-state index in [-0.39, 0.29) is 11.3 Å². The zero-order valence-corrected chi connectivity index (χ0v) is 15.7. The molecule has 1 heterocycles. The van der Waals surface area contributed by atoms with Gasteiger partial charge in [0.05, 0.1) is 5.54 Å². The summed E-state index contributed by atoms with van der Waals surface area (Å²) in [6.07, 6.45) is 6.72. The van der Waals surface area contributed by atoms with E-state index in [1.165, 1.54) is 12.0 Å². The van der Waals surface area contributed by atoms with Gasteiger partial charge in [0.2, 0.25) is 5.91 Å². The van der Waals surface area contributed by atoms with Gasteiger partial charge in [-0.2, -0.15) is 0 Å². The number of rotatable bonds is 4. The Morgan fingerprint density at radius 2 is 1.88 bits per heavy atom. The average molecular weight is 395 g/mol. The Kier molecular flexibility index (Phi) is 5.63. The zero-order chi connectivity index (χ0) is 17.0. The third-order valence-electron chi connectivity index (χ3n) is 5.67. The van der Waals surface area contributed by atoms with Crippen LogP contribution in [-0.2, 0) is 14.9 Å². The van der Waals surface area contributed by atoms with Crippen LogP contribution in [0.15, 0.2) is 28.7 Å². The average Bonchev–Trinajstić information content (AvgIpc) is 2.61. The molecule has 1 aromatic rings. The lowest BCUT2D eigenvalue weighted by molar-refractivity contribution is -0.128. The van der Waals surface area contributed by atoms with Gasteiger partial charge < -0.3 is 15.8 Å². The number of hydrogen-bond donors (Lipinski definition) is 2. The fraction of sp³-hybridized carbons (Fsp3) is 0.632. The van der Waals surface area contributed by atoms with Crippen molar-refractivity contribution in [1.29, 1.82) is 0 Å². The molecule has 24 heavy (non-hydrogen) atoms. The van der Waals surface area contributed by atoms with Gasteiger partial charge in [-0.3, -0.25) is 4.79 Å². The van der Waals surface area contributed by atoms with Crippen LogP contribution >= 0.6 is 15.9 Å². The third-order valence-corrected chi connectivity index (χ3v) is 6.17. The van der Waals surface area contributed by atoms with Crippen molar-refractivity contribution in [2.75, 3.05) is 19.8 Å². The first kappa shape index (κ1) is 17.9. The molecule has 2 fully saturated rings. The Labute approximate surface area is 152 Å². The summed E-state index contributed by atoms with van der Waals surface area (Å²) in [6, 6.07) is 8.41. The standard InChI is InChI=1S/C19H27BrN2O2/c20-16-6-4-5-15(13-16)18(9-11-24-12-10-18)14-22-17(23)19(21)7-2-1-3-8-19/h4-6,13H,1-3,7-12,14,21H2,(H,22,23). The van der Waals surface area contributed by atoms with E-state index >= 15 is 0 Å². The van der Waals surface area contributed by atoms with Crippen LogP contribution < -0.4 is 11.1 Å². The molecule has 1 saturated carbocycles. The normalized spacial score (nSPS) is 22.8. The van der Waals surface area contributed by atoms with Gasteiger partial charge in [-0.1, -0.05) is 47.3 Å². The molecular formula is C19H27BrN2O2. The Bertz CT molecular complexity index is 578. The van der Waals surface area contributed by atoms with E-state index in [2.05, 4.69) is 39.4 Å². The number of ether oxygens (including phenoxy) is 1.